The Morgan fingerprint density at radius 1 is 1.22 bits per heavy atom. The van der Waals surface area contributed by atoms with Gasteiger partial charge in [0.25, 0.3) is 0 Å². The highest BCUT2D eigenvalue weighted by Gasteiger charge is 2.18. The lowest BCUT2D eigenvalue weighted by Crippen LogP contribution is -2.03. The molecule has 0 radical (unpaired) electrons. The van der Waals surface area contributed by atoms with Gasteiger partial charge in [0.2, 0.25) is 5.91 Å². The normalized spacial score (nSPS) is 13.3. The van der Waals surface area contributed by atoms with E-state index in [1.54, 1.807) is 0 Å². The van der Waals surface area contributed by atoms with Crippen LogP contribution in [0.25, 0.3) is 11.1 Å². The van der Waals surface area contributed by atoms with E-state index in [0.29, 0.717) is 11.4 Å². The Kier molecular flexibility index (Phi) is 2.88. The number of hydrogen-bond donors (Lipinski definition) is 1. The molecule has 0 aromatic heterocycles. The molecule has 2 aromatic carbocycles. The third-order valence-electron chi connectivity index (χ3n) is 2.98. The number of halogens is 2. The van der Waals surface area contributed by atoms with Crippen LogP contribution in [0.1, 0.15) is 5.56 Å². The third kappa shape index (κ3) is 1.93. The molecular weight excluding hydrogens is 314 g/mol. The van der Waals surface area contributed by atoms with Crippen LogP contribution >= 0.6 is 27.5 Å². The van der Waals surface area contributed by atoms with Gasteiger partial charge in [-0.1, -0.05) is 39.7 Å². The molecule has 2 nitrogen and oxygen atoms in total. The number of carbonyl (C=O) groups excluding carboxylic acids is 1. The average molecular weight is 323 g/mol. The maximum Gasteiger partial charge on any atom is 0.228 e. The van der Waals surface area contributed by atoms with Gasteiger partial charge in [-0.25, -0.2) is 0 Å². The Balaban J connectivity index is 2.14. The van der Waals surface area contributed by atoms with Gasteiger partial charge in [0.15, 0.2) is 0 Å². The number of carbonyl (C=O) groups is 1. The van der Waals surface area contributed by atoms with E-state index < -0.39 is 0 Å². The maximum atomic E-state index is 11.3. The Bertz CT molecular complexity index is 634. The van der Waals surface area contributed by atoms with Gasteiger partial charge in [0.05, 0.1) is 6.42 Å². The van der Waals surface area contributed by atoms with E-state index >= 15 is 0 Å². The number of anilines is 1. The summed E-state index contributed by atoms with van der Waals surface area (Å²) in [7, 11) is 0. The summed E-state index contributed by atoms with van der Waals surface area (Å²) in [5, 5.41) is 3.52. The molecule has 0 saturated carbocycles. The quantitative estimate of drug-likeness (QED) is 0.835. The third-order valence-corrected chi connectivity index (χ3v) is 3.96. The molecule has 4 heteroatoms. The highest BCUT2D eigenvalue weighted by Crippen LogP contribution is 2.37. The minimum atomic E-state index is 0.0420. The molecule has 1 aliphatic heterocycles. The number of nitrogens with one attached hydrogen (secondary N) is 1. The van der Waals surface area contributed by atoms with Crippen molar-refractivity contribution < 1.29 is 4.79 Å². The predicted octanol–water partition coefficient (Wildman–Crippen LogP) is 4.26. The second-order valence-electron chi connectivity index (χ2n) is 4.19. The monoisotopic (exact) mass is 321 g/mol. The number of fused-ring (bicyclic) bond motifs is 1. The van der Waals surface area contributed by atoms with Crippen LogP contribution < -0.4 is 5.32 Å². The Morgan fingerprint density at radius 3 is 2.83 bits per heavy atom. The molecule has 0 unspecified atom stereocenters. The molecule has 0 aliphatic carbocycles. The van der Waals surface area contributed by atoms with Crippen molar-refractivity contribution in [3.8, 4) is 11.1 Å². The predicted molar refractivity (Wildman–Crippen MR) is 76.9 cm³/mol. The second kappa shape index (κ2) is 4.41. The van der Waals surface area contributed by atoms with Crippen molar-refractivity contribution in [3.63, 3.8) is 0 Å². The summed E-state index contributed by atoms with van der Waals surface area (Å²) in [5.74, 6) is 0.0420. The zero-order valence-electron chi connectivity index (χ0n) is 9.34. The van der Waals surface area contributed by atoms with Gasteiger partial charge in [-0.05, 0) is 35.4 Å². The minimum absolute atomic E-state index is 0.0420. The van der Waals surface area contributed by atoms with Crippen LogP contribution in [0.2, 0.25) is 5.02 Å². The lowest BCUT2D eigenvalue weighted by atomic mass is 10.0. The summed E-state index contributed by atoms with van der Waals surface area (Å²) >= 11 is 9.74. The second-order valence-corrected chi connectivity index (χ2v) is 5.46. The molecule has 1 amide bonds. The first-order chi connectivity index (χ1) is 8.65. The van der Waals surface area contributed by atoms with Crippen molar-refractivity contribution in [2.75, 3.05) is 5.32 Å². The van der Waals surface area contributed by atoms with E-state index in [1.165, 1.54) is 0 Å². The first-order valence-corrected chi connectivity index (χ1v) is 6.69. The molecule has 0 atom stereocenters. The van der Waals surface area contributed by atoms with Crippen LogP contribution in [0.3, 0.4) is 0 Å². The maximum absolute atomic E-state index is 11.3. The fourth-order valence-electron chi connectivity index (χ4n) is 2.16. The highest BCUT2D eigenvalue weighted by atomic mass is 79.9. The Hall–Kier alpha value is -1.32. The highest BCUT2D eigenvalue weighted by molar-refractivity contribution is 9.10. The topological polar surface area (TPSA) is 29.1 Å². The summed E-state index contributed by atoms with van der Waals surface area (Å²) in [5.41, 5.74) is 3.89. The zero-order chi connectivity index (χ0) is 12.7. The number of hydrogen-bond acceptors (Lipinski definition) is 1. The summed E-state index contributed by atoms with van der Waals surface area (Å²) < 4.78 is 0.951. The smallest absolute Gasteiger partial charge is 0.228 e. The van der Waals surface area contributed by atoms with E-state index in [9.17, 15) is 4.79 Å². The van der Waals surface area contributed by atoms with Crippen LogP contribution in [-0.2, 0) is 11.2 Å². The lowest BCUT2D eigenvalue weighted by Gasteiger charge is -2.08. The number of rotatable bonds is 1. The first kappa shape index (κ1) is 11.8. The molecule has 0 bridgehead atoms. The summed E-state index contributed by atoms with van der Waals surface area (Å²) in [4.78, 5) is 11.3. The largest absolute Gasteiger partial charge is 0.326 e. The molecule has 1 aliphatic rings. The van der Waals surface area contributed by atoms with Crippen LogP contribution in [-0.4, -0.2) is 5.91 Å². The summed E-state index contributed by atoms with van der Waals surface area (Å²) in [6.07, 6.45) is 0.436. The van der Waals surface area contributed by atoms with Crippen molar-refractivity contribution in [3.05, 3.63) is 51.5 Å². The minimum Gasteiger partial charge on any atom is -0.326 e. The molecule has 0 spiro atoms. The SMILES string of the molecule is O=C1Cc2cc(-c3c(Cl)cccc3Br)ccc2N1. The Labute approximate surface area is 118 Å². The average Bonchev–Trinajstić information content (AvgIpc) is 2.68. The summed E-state index contributed by atoms with van der Waals surface area (Å²) in [6, 6.07) is 11.6. The van der Waals surface area contributed by atoms with E-state index in [-0.39, 0.29) is 5.91 Å². The van der Waals surface area contributed by atoms with Crippen molar-refractivity contribution in [1.29, 1.82) is 0 Å². The van der Waals surface area contributed by atoms with Crippen LogP contribution in [0, 0.1) is 0 Å². The molecule has 0 fully saturated rings. The number of benzene rings is 2. The standard InChI is InChI=1S/C14H9BrClNO/c15-10-2-1-3-11(16)14(10)8-4-5-12-9(6-8)7-13(18)17-12/h1-6H,7H2,(H,17,18). The zero-order valence-corrected chi connectivity index (χ0v) is 11.7. The van der Waals surface area contributed by atoms with Gasteiger partial charge in [-0.3, -0.25) is 4.79 Å². The fraction of sp³-hybridized carbons (Fsp3) is 0.0714. The van der Waals surface area contributed by atoms with Gasteiger partial charge in [-0.2, -0.15) is 0 Å². The number of amides is 1. The van der Waals surface area contributed by atoms with Crippen molar-refractivity contribution in [1.82, 2.24) is 0 Å². The van der Waals surface area contributed by atoms with Crippen molar-refractivity contribution in [2.45, 2.75) is 6.42 Å². The van der Waals surface area contributed by atoms with Gasteiger partial charge in [0.1, 0.15) is 0 Å². The molecule has 0 saturated heterocycles. The van der Waals surface area contributed by atoms with Gasteiger partial charge in [0, 0.05) is 20.7 Å². The van der Waals surface area contributed by atoms with Crippen LogP contribution in [0.4, 0.5) is 5.69 Å². The first-order valence-electron chi connectivity index (χ1n) is 5.52. The van der Waals surface area contributed by atoms with E-state index in [4.69, 9.17) is 11.6 Å². The van der Waals surface area contributed by atoms with Gasteiger partial charge >= 0.3 is 0 Å². The van der Waals surface area contributed by atoms with Gasteiger partial charge < -0.3 is 5.32 Å². The fourth-order valence-corrected chi connectivity index (χ4v) is 3.15. The van der Waals surface area contributed by atoms with E-state index in [2.05, 4.69) is 21.2 Å². The molecular formula is C14H9BrClNO. The van der Waals surface area contributed by atoms with Crippen molar-refractivity contribution in [2.24, 2.45) is 0 Å². The molecule has 90 valence electrons. The summed E-state index contributed by atoms with van der Waals surface area (Å²) in [6.45, 7) is 0. The van der Waals surface area contributed by atoms with E-state index in [1.807, 2.05) is 36.4 Å². The van der Waals surface area contributed by atoms with Crippen molar-refractivity contribution >= 4 is 39.1 Å². The van der Waals surface area contributed by atoms with E-state index in [0.717, 1.165) is 26.9 Å². The molecule has 1 N–H and O–H groups in total. The van der Waals surface area contributed by atoms with Gasteiger partial charge in [-0.15, -0.1) is 0 Å². The molecule has 18 heavy (non-hydrogen) atoms. The Morgan fingerprint density at radius 2 is 2.06 bits per heavy atom. The molecule has 3 rings (SSSR count). The lowest BCUT2D eigenvalue weighted by molar-refractivity contribution is -0.115. The molecule has 1 heterocycles. The van der Waals surface area contributed by atoms with Crippen LogP contribution in [0.15, 0.2) is 40.9 Å². The molecule has 2 aromatic rings. The van der Waals surface area contributed by atoms with Crippen LogP contribution in [0.5, 0.6) is 0 Å².